The van der Waals surface area contributed by atoms with Crippen molar-refractivity contribution in [1.82, 2.24) is 15.3 Å². The second-order valence-corrected chi connectivity index (χ2v) is 8.10. The van der Waals surface area contributed by atoms with Gasteiger partial charge in [0.15, 0.2) is 6.61 Å². The third-order valence-electron chi connectivity index (χ3n) is 5.69. The van der Waals surface area contributed by atoms with Crippen LogP contribution in [0.5, 0.6) is 5.75 Å². The fourth-order valence-electron chi connectivity index (χ4n) is 4.03. The summed E-state index contributed by atoms with van der Waals surface area (Å²) < 4.78 is 5.96. The van der Waals surface area contributed by atoms with Crippen molar-refractivity contribution in [2.75, 3.05) is 6.61 Å². The molecule has 0 spiro atoms. The van der Waals surface area contributed by atoms with E-state index in [9.17, 15) is 4.79 Å². The summed E-state index contributed by atoms with van der Waals surface area (Å²) in [4.78, 5) is 21.1. The highest BCUT2D eigenvalue weighted by Crippen LogP contribution is 2.29. The average molecular weight is 448 g/mol. The summed E-state index contributed by atoms with van der Waals surface area (Å²) in [5.74, 6) is 1.19. The Bertz CT molecular complexity index is 1350. The Morgan fingerprint density at radius 1 is 0.824 bits per heavy atom. The number of benzene rings is 4. The van der Waals surface area contributed by atoms with E-state index in [1.54, 1.807) is 0 Å². The Hall–Kier alpha value is -4.38. The van der Waals surface area contributed by atoms with Crippen LogP contribution < -0.4 is 10.1 Å². The van der Waals surface area contributed by atoms with Crippen molar-refractivity contribution in [1.29, 1.82) is 0 Å². The molecule has 0 saturated carbocycles. The zero-order chi connectivity index (χ0) is 23.2. The topological polar surface area (TPSA) is 67.0 Å². The molecule has 5 rings (SSSR count). The summed E-state index contributed by atoms with van der Waals surface area (Å²) in [5.41, 5.74) is 4.93. The maximum absolute atomic E-state index is 13.0. The van der Waals surface area contributed by atoms with Gasteiger partial charge in [0.05, 0.1) is 17.1 Å². The molecule has 0 saturated heterocycles. The van der Waals surface area contributed by atoms with Gasteiger partial charge in [-0.05, 0) is 35.7 Å². The number of carbonyl (C=O) groups excluding carboxylic acids is 1. The van der Waals surface area contributed by atoms with Crippen LogP contribution in [0, 0.1) is 0 Å². The van der Waals surface area contributed by atoms with Crippen LogP contribution in [0.2, 0.25) is 0 Å². The third kappa shape index (κ3) is 4.99. The summed E-state index contributed by atoms with van der Waals surface area (Å²) in [7, 11) is 0. The second-order valence-electron chi connectivity index (χ2n) is 8.10. The van der Waals surface area contributed by atoms with Gasteiger partial charge in [-0.25, -0.2) is 4.98 Å². The normalized spacial score (nSPS) is 11.8. The lowest BCUT2D eigenvalue weighted by Gasteiger charge is -2.18. The fraction of sp³-hybridized carbons (Fsp3) is 0.103. The van der Waals surface area contributed by atoms with Crippen LogP contribution >= 0.6 is 0 Å². The van der Waals surface area contributed by atoms with Crippen molar-refractivity contribution < 1.29 is 9.53 Å². The number of ether oxygens (including phenoxy) is 1. The number of hydrogen-bond acceptors (Lipinski definition) is 3. The first-order valence-electron chi connectivity index (χ1n) is 11.3. The van der Waals surface area contributed by atoms with Crippen LogP contribution in [0.15, 0.2) is 109 Å². The van der Waals surface area contributed by atoms with Crippen LogP contribution in [0.25, 0.3) is 22.2 Å². The molecule has 0 aliphatic heterocycles. The van der Waals surface area contributed by atoms with E-state index in [2.05, 4.69) is 22.4 Å². The molecule has 168 valence electrons. The van der Waals surface area contributed by atoms with E-state index >= 15 is 0 Å². The molecular formula is C29H25N3O2. The fourth-order valence-corrected chi connectivity index (χ4v) is 4.03. The predicted molar refractivity (Wildman–Crippen MR) is 134 cm³/mol. The highest BCUT2D eigenvalue weighted by molar-refractivity contribution is 5.79. The van der Waals surface area contributed by atoms with E-state index in [1.165, 1.54) is 0 Å². The van der Waals surface area contributed by atoms with Crippen molar-refractivity contribution in [2.45, 2.75) is 12.5 Å². The van der Waals surface area contributed by atoms with Crippen molar-refractivity contribution >= 4 is 16.9 Å². The van der Waals surface area contributed by atoms with Crippen molar-refractivity contribution in [2.24, 2.45) is 0 Å². The summed E-state index contributed by atoms with van der Waals surface area (Å²) in [6.07, 6.45) is 0.618. The first kappa shape index (κ1) is 21.5. The highest BCUT2D eigenvalue weighted by atomic mass is 16.5. The minimum Gasteiger partial charge on any atom is -0.483 e. The number of H-pyrrole nitrogens is 1. The summed E-state index contributed by atoms with van der Waals surface area (Å²) in [6, 6.07) is 35.4. The number of carbonyl (C=O) groups is 1. The molecule has 0 aliphatic carbocycles. The molecule has 5 aromatic rings. The lowest BCUT2D eigenvalue weighted by atomic mass is 10.0. The number of aromatic amines is 1. The van der Waals surface area contributed by atoms with Gasteiger partial charge in [0.25, 0.3) is 5.91 Å². The number of amides is 1. The maximum Gasteiger partial charge on any atom is 0.258 e. The molecule has 0 radical (unpaired) electrons. The number of imidazole rings is 1. The van der Waals surface area contributed by atoms with E-state index < -0.39 is 0 Å². The molecule has 34 heavy (non-hydrogen) atoms. The van der Waals surface area contributed by atoms with Gasteiger partial charge in [0, 0.05) is 5.56 Å². The van der Waals surface area contributed by atoms with Crippen LogP contribution in [0.1, 0.15) is 17.4 Å². The summed E-state index contributed by atoms with van der Waals surface area (Å²) >= 11 is 0. The lowest BCUT2D eigenvalue weighted by molar-refractivity contribution is -0.123. The highest BCUT2D eigenvalue weighted by Gasteiger charge is 2.20. The molecule has 4 aromatic carbocycles. The van der Waals surface area contributed by atoms with Gasteiger partial charge in [0.1, 0.15) is 11.6 Å². The number of nitrogens with zero attached hydrogens (tertiary/aromatic N) is 1. The van der Waals surface area contributed by atoms with Crippen molar-refractivity contribution in [3.63, 3.8) is 0 Å². The quantitative estimate of drug-likeness (QED) is 0.320. The van der Waals surface area contributed by atoms with E-state index in [0.717, 1.165) is 33.5 Å². The monoisotopic (exact) mass is 447 g/mol. The van der Waals surface area contributed by atoms with Gasteiger partial charge in [-0.1, -0.05) is 91.0 Å². The van der Waals surface area contributed by atoms with Crippen LogP contribution in [0.4, 0.5) is 0 Å². The van der Waals surface area contributed by atoms with Crippen LogP contribution in [-0.4, -0.2) is 22.5 Å². The second kappa shape index (κ2) is 10.0. The van der Waals surface area contributed by atoms with Gasteiger partial charge in [-0.15, -0.1) is 0 Å². The van der Waals surface area contributed by atoms with Crippen molar-refractivity contribution in [3.05, 3.63) is 121 Å². The Balaban J connectivity index is 1.33. The predicted octanol–water partition coefficient (Wildman–Crippen LogP) is 5.71. The number of fused-ring (bicyclic) bond motifs is 1. The van der Waals surface area contributed by atoms with Gasteiger partial charge in [-0.2, -0.15) is 0 Å². The molecule has 1 heterocycles. The Morgan fingerprint density at radius 3 is 2.29 bits per heavy atom. The van der Waals surface area contributed by atoms with Gasteiger partial charge < -0.3 is 15.0 Å². The van der Waals surface area contributed by atoms with E-state index in [0.29, 0.717) is 12.2 Å². The SMILES string of the molecule is O=C(COc1ccccc1-c1ccccc1)N[C@@H](Cc1ccccc1)c1nc2ccccc2[nH]1. The standard InChI is InChI=1S/C29H25N3O2/c33-28(20-34-27-18-10-7-15-23(27)22-13-5-2-6-14-22)30-26(19-21-11-3-1-4-12-21)29-31-24-16-8-9-17-25(24)32-29/h1-18,26H,19-20H2,(H,30,33)(H,31,32)/t26-/m0/s1. The molecule has 0 fully saturated rings. The number of rotatable bonds is 8. The smallest absolute Gasteiger partial charge is 0.258 e. The van der Waals surface area contributed by atoms with Crippen LogP contribution in [-0.2, 0) is 11.2 Å². The van der Waals surface area contributed by atoms with Gasteiger partial charge in [-0.3, -0.25) is 4.79 Å². The van der Waals surface area contributed by atoms with E-state index in [-0.39, 0.29) is 18.6 Å². The molecule has 1 amide bonds. The minimum absolute atomic E-state index is 0.0879. The van der Waals surface area contributed by atoms with Gasteiger partial charge >= 0.3 is 0 Å². The Labute approximate surface area is 198 Å². The first-order valence-corrected chi connectivity index (χ1v) is 11.3. The zero-order valence-electron chi connectivity index (χ0n) is 18.6. The average Bonchev–Trinajstić information content (AvgIpc) is 3.33. The Morgan fingerprint density at radius 2 is 1.50 bits per heavy atom. The molecule has 5 nitrogen and oxygen atoms in total. The molecule has 0 unspecified atom stereocenters. The molecule has 0 bridgehead atoms. The van der Waals surface area contributed by atoms with E-state index in [4.69, 9.17) is 9.72 Å². The molecule has 5 heteroatoms. The van der Waals surface area contributed by atoms with Gasteiger partial charge in [0.2, 0.25) is 0 Å². The third-order valence-corrected chi connectivity index (χ3v) is 5.69. The Kier molecular flexibility index (Phi) is 6.34. The van der Waals surface area contributed by atoms with Crippen molar-refractivity contribution in [3.8, 4) is 16.9 Å². The molecule has 1 aromatic heterocycles. The zero-order valence-corrected chi connectivity index (χ0v) is 18.6. The maximum atomic E-state index is 13.0. The number of nitrogens with one attached hydrogen (secondary N) is 2. The minimum atomic E-state index is -0.310. The largest absolute Gasteiger partial charge is 0.483 e. The summed E-state index contributed by atoms with van der Waals surface area (Å²) in [6.45, 7) is -0.0879. The number of aromatic nitrogens is 2. The summed E-state index contributed by atoms with van der Waals surface area (Å²) in [5, 5.41) is 3.11. The number of para-hydroxylation sites is 3. The molecule has 2 N–H and O–H groups in total. The first-order chi connectivity index (χ1) is 16.8. The number of hydrogen-bond donors (Lipinski definition) is 2. The molecule has 1 atom stereocenters. The van der Waals surface area contributed by atoms with E-state index in [1.807, 2.05) is 97.1 Å². The lowest BCUT2D eigenvalue weighted by Crippen LogP contribution is -2.34. The van der Waals surface area contributed by atoms with Crippen LogP contribution in [0.3, 0.4) is 0 Å². The molecular weight excluding hydrogens is 422 g/mol. The molecule has 0 aliphatic rings.